The van der Waals surface area contributed by atoms with E-state index >= 15 is 0 Å². The number of nitrogens with zero attached hydrogens (tertiary/aromatic N) is 5. The van der Waals surface area contributed by atoms with Crippen molar-refractivity contribution < 1.29 is 22.5 Å². The number of hydrogen-bond acceptors (Lipinski definition) is 5. The van der Waals surface area contributed by atoms with Gasteiger partial charge in [-0.3, -0.25) is 4.90 Å². The molecule has 3 heterocycles. The molecule has 4 rings (SSSR count). The minimum atomic E-state index is -4.39. The number of piperidine rings is 1. The van der Waals surface area contributed by atoms with Crippen molar-refractivity contribution in [1.29, 1.82) is 0 Å². The fourth-order valence-corrected chi connectivity index (χ4v) is 4.84. The van der Waals surface area contributed by atoms with E-state index in [1.165, 1.54) is 6.07 Å². The third-order valence-electron chi connectivity index (χ3n) is 6.81. The average Bonchev–Trinajstić information content (AvgIpc) is 2.87. The van der Waals surface area contributed by atoms with Gasteiger partial charge in [-0.25, -0.2) is 9.78 Å². The number of carbonyl (C=O) groups excluding carboxylic acids is 1. The molecule has 0 radical (unpaired) electrons. The first-order valence-electron chi connectivity index (χ1n) is 11.8. The van der Waals surface area contributed by atoms with Gasteiger partial charge in [0.1, 0.15) is 12.5 Å². The Labute approximate surface area is 208 Å². The molecule has 0 aliphatic carbocycles. The molecule has 2 aliphatic heterocycles. The van der Waals surface area contributed by atoms with Crippen molar-refractivity contribution in [3.8, 4) is 0 Å². The summed E-state index contributed by atoms with van der Waals surface area (Å²) in [5.74, 6) is 0.545. The smallest absolute Gasteiger partial charge is 0.369 e. The molecule has 1 amide bonds. The number of benzene rings is 1. The average molecular weight is 509 g/mol. The van der Waals surface area contributed by atoms with Gasteiger partial charge in [0.25, 0.3) is 0 Å². The molecule has 0 atom stereocenters. The van der Waals surface area contributed by atoms with Gasteiger partial charge in [0, 0.05) is 75.6 Å². The van der Waals surface area contributed by atoms with Gasteiger partial charge >= 0.3 is 12.1 Å². The van der Waals surface area contributed by atoms with E-state index in [9.17, 15) is 18.0 Å². The Kier molecular flexibility index (Phi) is 7.96. The summed E-state index contributed by atoms with van der Waals surface area (Å²) in [7, 11) is 0. The summed E-state index contributed by atoms with van der Waals surface area (Å²) < 4.78 is 39.9. The van der Waals surface area contributed by atoms with Crippen molar-refractivity contribution in [2.24, 2.45) is 0 Å². The van der Waals surface area contributed by atoms with Gasteiger partial charge in [-0.2, -0.15) is 17.7 Å². The maximum Gasteiger partial charge on any atom is 0.417 e. The molecule has 0 unspecified atom stereocenters. The predicted octanol–water partition coefficient (Wildman–Crippen LogP) is 4.17. The largest absolute Gasteiger partial charge is 0.417 e. The molecule has 2 aromatic rings. The van der Waals surface area contributed by atoms with Crippen LogP contribution in [0.25, 0.3) is 0 Å². The summed E-state index contributed by atoms with van der Waals surface area (Å²) in [5.41, 5.74) is 0.367. The van der Waals surface area contributed by atoms with Gasteiger partial charge in [0.2, 0.25) is 0 Å². The standard InChI is InChI=1S/C25H30ClF3N5O/c1-31(21-7-11-34(12-8-21)23-6-5-19(18-30-23)25(27,28)29)24(35)9-10-32-13-15-33(16-14-32)22-4-2-3-20(26)17-22/h2-6,17-18,21H,1,7-16H2/q+1. The van der Waals surface area contributed by atoms with Gasteiger partial charge in [0.15, 0.2) is 6.04 Å². The molecule has 2 saturated heterocycles. The lowest BCUT2D eigenvalue weighted by atomic mass is 10.0. The van der Waals surface area contributed by atoms with Crippen LogP contribution in [0, 0.1) is 0 Å². The highest BCUT2D eigenvalue weighted by Gasteiger charge is 2.33. The summed E-state index contributed by atoms with van der Waals surface area (Å²) in [4.78, 5) is 23.3. The van der Waals surface area contributed by atoms with Crippen LogP contribution in [-0.4, -0.2) is 78.9 Å². The number of halogens is 4. The van der Waals surface area contributed by atoms with Gasteiger partial charge in [-0.15, -0.1) is 0 Å². The number of alkyl halides is 3. The molecule has 1 aromatic carbocycles. The Morgan fingerprint density at radius 1 is 1.06 bits per heavy atom. The lowest BCUT2D eigenvalue weighted by Crippen LogP contribution is -2.47. The number of rotatable bonds is 6. The van der Waals surface area contributed by atoms with Gasteiger partial charge in [0.05, 0.1) is 12.0 Å². The lowest BCUT2D eigenvalue weighted by Gasteiger charge is -2.36. The normalized spacial score (nSPS) is 18.1. The Hall–Kier alpha value is -2.65. The summed E-state index contributed by atoms with van der Waals surface area (Å²) in [6.45, 7) is 9.49. The highest BCUT2D eigenvalue weighted by Crippen LogP contribution is 2.30. The molecule has 35 heavy (non-hydrogen) atoms. The van der Waals surface area contributed by atoms with Crippen LogP contribution in [-0.2, 0) is 11.0 Å². The third kappa shape index (κ3) is 6.52. The number of carbonyl (C=O) groups is 1. The minimum Gasteiger partial charge on any atom is -0.369 e. The molecule has 0 saturated carbocycles. The molecule has 1 aromatic heterocycles. The van der Waals surface area contributed by atoms with Crippen molar-refractivity contribution >= 4 is 35.7 Å². The monoisotopic (exact) mass is 508 g/mol. The Morgan fingerprint density at radius 2 is 1.77 bits per heavy atom. The molecule has 10 heteroatoms. The Morgan fingerprint density at radius 3 is 2.37 bits per heavy atom. The van der Waals surface area contributed by atoms with E-state index in [1.807, 2.05) is 23.1 Å². The summed E-state index contributed by atoms with van der Waals surface area (Å²) in [5, 5.41) is 0.729. The topological polar surface area (TPSA) is 42.7 Å². The van der Waals surface area contributed by atoms with E-state index in [0.717, 1.165) is 49.2 Å². The maximum absolute atomic E-state index is 12.8. The van der Waals surface area contributed by atoms with E-state index in [1.54, 1.807) is 4.58 Å². The number of pyridine rings is 1. The first-order chi connectivity index (χ1) is 16.7. The molecular weight excluding hydrogens is 479 g/mol. The molecule has 2 aliphatic rings. The quantitative estimate of drug-likeness (QED) is 0.433. The highest BCUT2D eigenvalue weighted by molar-refractivity contribution is 6.30. The summed E-state index contributed by atoms with van der Waals surface area (Å²) in [6, 6.07) is 10.3. The van der Waals surface area contributed by atoms with Crippen LogP contribution in [0.1, 0.15) is 24.8 Å². The van der Waals surface area contributed by atoms with Crippen LogP contribution in [0.15, 0.2) is 42.6 Å². The fraction of sp³-hybridized carbons (Fsp3) is 0.480. The zero-order valence-electron chi connectivity index (χ0n) is 19.6. The van der Waals surface area contributed by atoms with Gasteiger partial charge < -0.3 is 9.80 Å². The zero-order valence-corrected chi connectivity index (χ0v) is 20.3. The predicted molar refractivity (Wildman–Crippen MR) is 132 cm³/mol. The van der Waals surface area contributed by atoms with Crippen LogP contribution < -0.4 is 9.80 Å². The van der Waals surface area contributed by atoms with Gasteiger partial charge in [-0.05, 0) is 30.3 Å². The second kappa shape index (κ2) is 11.0. The van der Waals surface area contributed by atoms with E-state index in [0.29, 0.717) is 44.7 Å². The van der Waals surface area contributed by atoms with Crippen LogP contribution >= 0.6 is 11.6 Å². The fourth-order valence-electron chi connectivity index (χ4n) is 4.65. The van der Waals surface area contributed by atoms with Crippen LogP contribution in [0.5, 0.6) is 0 Å². The number of piperazine rings is 1. The number of hydrogen-bond donors (Lipinski definition) is 0. The van der Waals surface area contributed by atoms with E-state index in [-0.39, 0.29) is 11.9 Å². The van der Waals surface area contributed by atoms with Crippen molar-refractivity contribution in [2.75, 3.05) is 55.6 Å². The lowest BCUT2D eigenvalue weighted by molar-refractivity contribution is -0.484. The van der Waals surface area contributed by atoms with E-state index < -0.39 is 11.7 Å². The highest BCUT2D eigenvalue weighted by atomic mass is 35.5. The number of anilines is 2. The number of amides is 1. The van der Waals surface area contributed by atoms with E-state index in [2.05, 4.69) is 27.6 Å². The van der Waals surface area contributed by atoms with Crippen molar-refractivity contribution in [3.63, 3.8) is 0 Å². The second-order valence-electron chi connectivity index (χ2n) is 9.04. The molecule has 188 valence electrons. The third-order valence-corrected chi connectivity index (χ3v) is 7.05. The number of aromatic nitrogens is 1. The first-order valence-corrected chi connectivity index (χ1v) is 12.2. The Bertz CT molecular complexity index is 1030. The minimum absolute atomic E-state index is 0.0212. The molecule has 2 fully saturated rings. The van der Waals surface area contributed by atoms with Crippen LogP contribution in [0.2, 0.25) is 5.02 Å². The van der Waals surface area contributed by atoms with Gasteiger partial charge in [-0.1, -0.05) is 17.7 Å². The Balaban J connectivity index is 1.19. The molecule has 0 spiro atoms. The van der Waals surface area contributed by atoms with Crippen LogP contribution in [0.3, 0.4) is 0 Å². The molecule has 0 bridgehead atoms. The van der Waals surface area contributed by atoms with Crippen LogP contribution in [0.4, 0.5) is 24.7 Å². The van der Waals surface area contributed by atoms with Crippen molar-refractivity contribution in [1.82, 2.24) is 9.88 Å². The maximum atomic E-state index is 12.8. The molecule has 6 nitrogen and oxygen atoms in total. The van der Waals surface area contributed by atoms with Crippen molar-refractivity contribution in [3.05, 3.63) is 53.2 Å². The first kappa shape index (κ1) is 25.4. The second-order valence-corrected chi connectivity index (χ2v) is 9.48. The van der Waals surface area contributed by atoms with Crippen molar-refractivity contribution in [2.45, 2.75) is 31.5 Å². The molecule has 0 N–H and O–H groups in total. The summed E-state index contributed by atoms with van der Waals surface area (Å²) in [6.07, 6.45) is -1.70. The zero-order chi connectivity index (χ0) is 25.0. The SMILES string of the molecule is C=[N+](C(=O)CCN1CCN(c2cccc(Cl)c2)CC1)C1CCN(c2ccc(C(F)(F)F)cn2)CC1. The summed E-state index contributed by atoms with van der Waals surface area (Å²) >= 11 is 6.10. The molecular formula is C25H30ClF3N5O+. The van der Waals surface area contributed by atoms with E-state index in [4.69, 9.17) is 11.6 Å².